The third-order valence-corrected chi connectivity index (χ3v) is 6.01. The number of nitrogens with one attached hydrogen (secondary N) is 3. The van der Waals surface area contributed by atoms with E-state index < -0.39 is 17.6 Å². The Labute approximate surface area is 226 Å². The van der Waals surface area contributed by atoms with Gasteiger partial charge in [0, 0.05) is 44.0 Å². The first-order chi connectivity index (χ1) is 18.5. The smallest absolute Gasteiger partial charge is 0.382 e. The number of alkyl halides is 3. The van der Waals surface area contributed by atoms with Crippen molar-refractivity contribution in [1.82, 2.24) is 20.4 Å². The summed E-state index contributed by atoms with van der Waals surface area (Å²) in [5.41, 5.74) is 0.556. The van der Waals surface area contributed by atoms with Gasteiger partial charge in [-0.25, -0.2) is 9.38 Å². The number of rotatable bonds is 9. The SMILES string of the molecule is C=C1NCCCN(Cc2cc(F)ccc2C(F)(F)F)/C1=N/C(=C\C)Nc1ccc(C(=O)NCCN(C)C)cc1. The Morgan fingerprint density at radius 3 is 2.56 bits per heavy atom. The molecule has 0 aliphatic carbocycles. The highest BCUT2D eigenvalue weighted by Crippen LogP contribution is 2.33. The minimum absolute atomic E-state index is 0.179. The van der Waals surface area contributed by atoms with E-state index in [0.717, 1.165) is 24.7 Å². The summed E-state index contributed by atoms with van der Waals surface area (Å²) in [6, 6.07) is 9.34. The molecule has 1 heterocycles. The Hall–Kier alpha value is -3.86. The lowest BCUT2D eigenvalue weighted by Crippen LogP contribution is -2.34. The second-order valence-corrected chi connectivity index (χ2v) is 9.35. The van der Waals surface area contributed by atoms with Crippen molar-refractivity contribution < 1.29 is 22.4 Å². The predicted molar refractivity (Wildman–Crippen MR) is 146 cm³/mol. The molecule has 3 N–H and O–H groups in total. The number of hydrogen-bond donors (Lipinski definition) is 3. The van der Waals surface area contributed by atoms with Crippen LogP contribution >= 0.6 is 0 Å². The van der Waals surface area contributed by atoms with E-state index in [1.165, 1.54) is 0 Å². The standard InChI is InChI=1S/C28H34F4N6O/c1-5-25(35-23-10-7-20(8-11-23)27(39)34-14-16-37(3)4)36-26-19(2)33-13-6-15-38(26)18-21-17-22(29)9-12-24(21)28(30,31)32/h5,7-12,17,33,35H,2,6,13-16,18H2,1,3-4H3,(H,34,39)/b25-5-,36-26+. The van der Waals surface area contributed by atoms with Gasteiger partial charge in [-0.1, -0.05) is 6.58 Å². The average Bonchev–Trinajstić information content (AvgIpc) is 3.04. The molecule has 0 spiro atoms. The van der Waals surface area contributed by atoms with Gasteiger partial charge in [0.25, 0.3) is 5.91 Å². The zero-order valence-electron chi connectivity index (χ0n) is 22.3. The van der Waals surface area contributed by atoms with Crippen LogP contribution < -0.4 is 16.0 Å². The molecule has 0 saturated carbocycles. The molecule has 11 heteroatoms. The van der Waals surface area contributed by atoms with Crippen molar-refractivity contribution in [2.24, 2.45) is 4.99 Å². The molecule has 0 atom stereocenters. The van der Waals surface area contributed by atoms with E-state index in [-0.39, 0.29) is 18.0 Å². The first-order valence-electron chi connectivity index (χ1n) is 12.6. The summed E-state index contributed by atoms with van der Waals surface area (Å²) in [4.78, 5) is 20.6. The van der Waals surface area contributed by atoms with Crippen LogP contribution in [0.15, 0.2) is 71.6 Å². The molecule has 39 heavy (non-hydrogen) atoms. The molecule has 0 radical (unpaired) electrons. The van der Waals surface area contributed by atoms with Crippen molar-refractivity contribution in [3.63, 3.8) is 0 Å². The molecule has 1 saturated heterocycles. The van der Waals surface area contributed by atoms with Crippen molar-refractivity contribution in [3.05, 3.63) is 89.1 Å². The van der Waals surface area contributed by atoms with Crippen molar-refractivity contribution in [1.29, 1.82) is 0 Å². The van der Waals surface area contributed by atoms with Gasteiger partial charge in [0.05, 0.1) is 11.3 Å². The monoisotopic (exact) mass is 546 g/mol. The normalized spacial score (nSPS) is 15.8. The molecule has 0 unspecified atom stereocenters. The van der Waals surface area contributed by atoms with Gasteiger partial charge in [0.1, 0.15) is 11.6 Å². The molecule has 1 fully saturated rings. The van der Waals surface area contributed by atoms with E-state index in [4.69, 9.17) is 0 Å². The first-order valence-corrected chi connectivity index (χ1v) is 12.6. The number of carbonyl (C=O) groups excluding carboxylic acids is 1. The summed E-state index contributed by atoms with van der Waals surface area (Å²) in [6.07, 6.45) is -2.27. The Morgan fingerprint density at radius 2 is 1.92 bits per heavy atom. The first kappa shape index (κ1) is 29.7. The molecule has 2 aromatic rings. The fourth-order valence-electron chi connectivity index (χ4n) is 3.98. The molecule has 0 aromatic heterocycles. The van der Waals surface area contributed by atoms with E-state index in [2.05, 4.69) is 27.5 Å². The van der Waals surface area contributed by atoms with Gasteiger partial charge in [-0.15, -0.1) is 0 Å². The van der Waals surface area contributed by atoms with Gasteiger partial charge < -0.3 is 25.8 Å². The summed E-state index contributed by atoms with van der Waals surface area (Å²) in [5, 5.41) is 9.17. The number of nitrogens with zero attached hydrogens (tertiary/aromatic N) is 3. The van der Waals surface area contributed by atoms with Crippen molar-refractivity contribution in [3.8, 4) is 0 Å². The fraction of sp³-hybridized carbons (Fsp3) is 0.357. The Morgan fingerprint density at radius 1 is 1.21 bits per heavy atom. The van der Waals surface area contributed by atoms with Crippen LogP contribution in [0.25, 0.3) is 0 Å². The maximum atomic E-state index is 13.9. The van der Waals surface area contributed by atoms with Crippen LogP contribution in [-0.4, -0.2) is 61.8 Å². The average molecular weight is 547 g/mol. The number of amidine groups is 1. The summed E-state index contributed by atoms with van der Waals surface area (Å²) >= 11 is 0. The van der Waals surface area contributed by atoms with Gasteiger partial charge in [0.15, 0.2) is 5.84 Å². The van der Waals surface area contributed by atoms with Gasteiger partial charge >= 0.3 is 6.18 Å². The number of likely N-dealkylation sites (N-methyl/N-ethyl adjacent to an activating group) is 1. The Kier molecular flexibility index (Phi) is 10.1. The third kappa shape index (κ3) is 8.57. The molecule has 0 bridgehead atoms. The number of benzene rings is 2. The third-order valence-electron chi connectivity index (χ3n) is 6.01. The van der Waals surface area contributed by atoms with Crippen LogP contribution in [0.2, 0.25) is 0 Å². The molecule has 1 aliphatic heterocycles. The van der Waals surface area contributed by atoms with Crippen LogP contribution in [0.5, 0.6) is 0 Å². The van der Waals surface area contributed by atoms with Crippen LogP contribution in [0.3, 0.4) is 0 Å². The minimum atomic E-state index is -4.62. The molecule has 1 amide bonds. The summed E-state index contributed by atoms with van der Waals surface area (Å²) in [6.45, 7) is 7.81. The lowest BCUT2D eigenvalue weighted by Gasteiger charge is -2.26. The largest absolute Gasteiger partial charge is 0.416 e. The number of hydrogen-bond acceptors (Lipinski definition) is 5. The highest BCUT2D eigenvalue weighted by atomic mass is 19.4. The van der Waals surface area contributed by atoms with Crippen molar-refractivity contribution in [2.75, 3.05) is 45.6 Å². The Balaban J connectivity index is 1.81. The van der Waals surface area contributed by atoms with E-state index in [1.807, 2.05) is 19.0 Å². The van der Waals surface area contributed by atoms with E-state index in [9.17, 15) is 22.4 Å². The molecule has 1 aliphatic rings. The predicted octanol–water partition coefficient (Wildman–Crippen LogP) is 4.82. The van der Waals surface area contributed by atoms with E-state index in [1.54, 1.807) is 42.2 Å². The topological polar surface area (TPSA) is 72.0 Å². The highest BCUT2D eigenvalue weighted by molar-refractivity contribution is 5.98. The number of halogens is 4. The van der Waals surface area contributed by atoms with Gasteiger partial charge in [-0.2, -0.15) is 13.2 Å². The number of carbonyl (C=O) groups is 1. The van der Waals surface area contributed by atoms with E-state index in [0.29, 0.717) is 54.7 Å². The van der Waals surface area contributed by atoms with Crippen molar-refractivity contribution in [2.45, 2.75) is 26.1 Å². The van der Waals surface area contributed by atoms with Crippen LogP contribution in [0.4, 0.5) is 23.2 Å². The maximum absolute atomic E-state index is 13.9. The van der Waals surface area contributed by atoms with E-state index >= 15 is 0 Å². The zero-order chi connectivity index (χ0) is 28.6. The maximum Gasteiger partial charge on any atom is 0.416 e. The van der Waals surface area contributed by atoms with Gasteiger partial charge in [-0.05, 0) is 81.5 Å². The zero-order valence-corrected chi connectivity index (χ0v) is 22.3. The van der Waals surface area contributed by atoms with Crippen molar-refractivity contribution >= 4 is 17.4 Å². The molecule has 2 aromatic carbocycles. The minimum Gasteiger partial charge on any atom is -0.382 e. The second kappa shape index (κ2) is 13.3. The van der Waals surface area contributed by atoms with Crippen LogP contribution in [-0.2, 0) is 12.7 Å². The second-order valence-electron chi connectivity index (χ2n) is 9.35. The lowest BCUT2D eigenvalue weighted by atomic mass is 10.1. The lowest BCUT2D eigenvalue weighted by molar-refractivity contribution is -0.138. The van der Waals surface area contributed by atoms with Crippen LogP contribution in [0.1, 0.15) is 34.8 Å². The van der Waals surface area contributed by atoms with Gasteiger partial charge in [-0.3, -0.25) is 4.79 Å². The number of anilines is 1. The highest BCUT2D eigenvalue weighted by Gasteiger charge is 2.34. The summed E-state index contributed by atoms with van der Waals surface area (Å²) < 4.78 is 54.8. The Bertz CT molecular complexity index is 1220. The molecule has 210 valence electrons. The molecular formula is C28H34F4N6O. The summed E-state index contributed by atoms with van der Waals surface area (Å²) in [7, 11) is 3.85. The van der Waals surface area contributed by atoms with Gasteiger partial charge in [0.2, 0.25) is 0 Å². The number of amides is 1. The summed E-state index contributed by atoms with van der Waals surface area (Å²) in [5.74, 6) is -0.142. The molecule has 3 rings (SSSR count). The van der Waals surface area contributed by atoms with Crippen LogP contribution in [0, 0.1) is 5.82 Å². The molecule has 7 nitrogen and oxygen atoms in total. The number of aliphatic imine (C=N–C) groups is 1. The molecular weight excluding hydrogens is 512 g/mol. The quantitative estimate of drug-likeness (QED) is 0.394. The fourth-order valence-corrected chi connectivity index (χ4v) is 3.98. The number of allylic oxidation sites excluding steroid dienone is 1.